The lowest BCUT2D eigenvalue weighted by Gasteiger charge is -2.47. The minimum Gasteiger partial charge on any atom is -0.297 e. The molecule has 1 aliphatic carbocycles. The van der Waals surface area contributed by atoms with Crippen LogP contribution in [0.5, 0.6) is 0 Å². The van der Waals surface area contributed by atoms with Gasteiger partial charge in [0.25, 0.3) is 0 Å². The number of hydrogen-bond acceptors (Lipinski definition) is 2. The lowest BCUT2D eigenvalue weighted by molar-refractivity contribution is 0.0187. The van der Waals surface area contributed by atoms with Gasteiger partial charge in [-0.1, -0.05) is 82.3 Å². The summed E-state index contributed by atoms with van der Waals surface area (Å²) in [6, 6.07) is 12.8. The Morgan fingerprint density at radius 3 is 2.41 bits per heavy atom. The number of allylic oxidation sites excluding steroid dienone is 1. The van der Waals surface area contributed by atoms with E-state index < -0.39 is 0 Å². The van der Waals surface area contributed by atoms with Gasteiger partial charge in [-0.05, 0) is 78.0 Å². The summed E-state index contributed by atoms with van der Waals surface area (Å²) in [6.45, 7) is 19.9. The van der Waals surface area contributed by atoms with E-state index in [4.69, 9.17) is 0 Å². The van der Waals surface area contributed by atoms with Crippen molar-refractivity contribution in [3.8, 4) is 0 Å². The normalized spacial score (nSPS) is 20.2. The summed E-state index contributed by atoms with van der Waals surface area (Å²) in [7, 11) is 0. The number of benzene rings is 2. The highest BCUT2D eigenvalue weighted by molar-refractivity contribution is 5.62. The monoisotopic (exact) mass is 456 g/mol. The molecule has 34 heavy (non-hydrogen) atoms. The van der Waals surface area contributed by atoms with Gasteiger partial charge >= 0.3 is 0 Å². The van der Waals surface area contributed by atoms with E-state index in [9.17, 15) is 0 Å². The molecule has 4 rings (SSSR count). The largest absolute Gasteiger partial charge is 0.297 e. The fourth-order valence-electron chi connectivity index (χ4n) is 5.57. The maximum atomic E-state index is 3.95. The molecular weight excluding hydrogens is 412 g/mol. The summed E-state index contributed by atoms with van der Waals surface area (Å²) in [5.41, 5.74) is 9.98. The van der Waals surface area contributed by atoms with Gasteiger partial charge in [0.05, 0.1) is 0 Å². The van der Waals surface area contributed by atoms with Crippen LogP contribution in [-0.4, -0.2) is 35.5 Å². The van der Waals surface area contributed by atoms with Gasteiger partial charge in [-0.15, -0.1) is 0 Å². The minimum atomic E-state index is 0.432. The second-order valence-corrected chi connectivity index (χ2v) is 10.8. The average Bonchev–Trinajstić information content (AvgIpc) is 2.80. The quantitative estimate of drug-likeness (QED) is 0.404. The molecule has 0 aromatic heterocycles. The van der Waals surface area contributed by atoms with Gasteiger partial charge < -0.3 is 0 Å². The smallest absolute Gasteiger partial charge is 0.0479 e. The summed E-state index contributed by atoms with van der Waals surface area (Å²) in [5, 5.41) is 0. The van der Waals surface area contributed by atoms with Gasteiger partial charge in [0.1, 0.15) is 0 Å². The number of aryl methyl sites for hydroxylation is 2. The SMILES string of the molecule is C=Cc1ccc(C2CN(C3CCC3)CCN2Cc2c(CC)cc(C)c(C)c2/C=C\C(C)C)cc1. The first-order valence-electron chi connectivity index (χ1n) is 13.4. The summed E-state index contributed by atoms with van der Waals surface area (Å²) in [4.78, 5) is 5.53. The average molecular weight is 457 g/mol. The molecule has 0 bridgehead atoms. The number of piperazine rings is 1. The fraction of sp³-hybridized carbons (Fsp3) is 0.500. The maximum Gasteiger partial charge on any atom is 0.0479 e. The molecule has 1 heterocycles. The molecule has 2 fully saturated rings. The molecule has 2 aromatic rings. The highest BCUT2D eigenvalue weighted by Gasteiger charge is 2.34. The van der Waals surface area contributed by atoms with Crippen LogP contribution in [0.4, 0.5) is 0 Å². The zero-order valence-corrected chi connectivity index (χ0v) is 22.1. The predicted molar refractivity (Wildman–Crippen MR) is 148 cm³/mol. The first-order chi connectivity index (χ1) is 16.4. The van der Waals surface area contributed by atoms with Crippen molar-refractivity contribution in [3.63, 3.8) is 0 Å². The molecule has 2 nitrogen and oxygen atoms in total. The lowest BCUT2D eigenvalue weighted by atomic mass is 9.88. The van der Waals surface area contributed by atoms with Gasteiger partial charge in [-0.25, -0.2) is 0 Å². The molecule has 1 atom stereocenters. The Morgan fingerprint density at radius 1 is 1.09 bits per heavy atom. The zero-order valence-electron chi connectivity index (χ0n) is 22.1. The van der Waals surface area contributed by atoms with Crippen molar-refractivity contribution in [1.82, 2.24) is 9.80 Å². The van der Waals surface area contributed by atoms with Gasteiger partial charge in [-0.2, -0.15) is 0 Å². The molecule has 182 valence electrons. The highest BCUT2D eigenvalue weighted by Crippen LogP contribution is 2.35. The van der Waals surface area contributed by atoms with Crippen LogP contribution in [0, 0.1) is 19.8 Å². The Balaban J connectivity index is 1.70. The maximum absolute atomic E-state index is 3.95. The van der Waals surface area contributed by atoms with E-state index >= 15 is 0 Å². The van der Waals surface area contributed by atoms with E-state index in [1.165, 1.54) is 64.8 Å². The van der Waals surface area contributed by atoms with Crippen LogP contribution in [-0.2, 0) is 13.0 Å². The van der Waals surface area contributed by atoms with E-state index in [-0.39, 0.29) is 0 Å². The van der Waals surface area contributed by atoms with Gasteiger partial charge in [0, 0.05) is 38.3 Å². The second-order valence-electron chi connectivity index (χ2n) is 10.8. The van der Waals surface area contributed by atoms with Crippen molar-refractivity contribution in [2.24, 2.45) is 5.92 Å². The predicted octanol–water partition coefficient (Wildman–Crippen LogP) is 7.59. The topological polar surface area (TPSA) is 6.48 Å². The molecule has 0 radical (unpaired) electrons. The standard InChI is InChI=1S/C32H44N2/c1-7-26-13-15-28(16-14-26)32-22-33(29-10-9-11-29)18-19-34(32)21-31-27(8-2)20-24(5)25(6)30(31)17-12-23(3)4/h7,12-17,20,23,29,32H,1,8-11,18-19,21-22H2,2-6H3/b17-12-. The summed E-state index contributed by atoms with van der Waals surface area (Å²) in [5.74, 6) is 0.556. The molecule has 2 heteroatoms. The van der Waals surface area contributed by atoms with Crippen LogP contribution in [0.15, 0.2) is 43.0 Å². The lowest BCUT2D eigenvalue weighted by Crippen LogP contribution is -2.53. The second kappa shape index (κ2) is 11.1. The Bertz CT molecular complexity index is 1010. The third-order valence-electron chi connectivity index (χ3n) is 8.16. The third-order valence-corrected chi connectivity index (χ3v) is 8.16. The Hall–Kier alpha value is -2.16. The van der Waals surface area contributed by atoms with Gasteiger partial charge in [0.2, 0.25) is 0 Å². The van der Waals surface area contributed by atoms with Crippen molar-refractivity contribution in [2.45, 2.75) is 78.9 Å². The molecular formula is C32H44N2. The van der Waals surface area contributed by atoms with E-state index in [1.54, 1.807) is 0 Å². The number of nitrogens with zero attached hydrogens (tertiary/aromatic N) is 2. The van der Waals surface area contributed by atoms with E-state index in [1.807, 2.05) is 6.08 Å². The molecule has 2 aromatic carbocycles. The van der Waals surface area contributed by atoms with E-state index in [0.29, 0.717) is 12.0 Å². The highest BCUT2D eigenvalue weighted by atomic mass is 15.3. The van der Waals surface area contributed by atoms with Gasteiger partial charge in [-0.3, -0.25) is 9.80 Å². The van der Waals surface area contributed by atoms with Crippen LogP contribution in [0.25, 0.3) is 12.2 Å². The Kier molecular flexibility index (Phi) is 8.11. The molecule has 1 unspecified atom stereocenters. The Labute approximate surface area is 208 Å². The molecule has 0 amide bonds. The first kappa shape index (κ1) is 24.9. The molecule has 2 aliphatic rings. The first-order valence-corrected chi connectivity index (χ1v) is 13.4. The molecule has 0 N–H and O–H groups in total. The molecule has 1 aliphatic heterocycles. The number of hydrogen-bond donors (Lipinski definition) is 0. The van der Waals surface area contributed by atoms with Crippen molar-refractivity contribution in [3.05, 3.63) is 81.9 Å². The van der Waals surface area contributed by atoms with Crippen molar-refractivity contribution >= 4 is 12.2 Å². The minimum absolute atomic E-state index is 0.432. The molecule has 1 saturated heterocycles. The van der Waals surface area contributed by atoms with Crippen LogP contribution < -0.4 is 0 Å². The summed E-state index contributed by atoms with van der Waals surface area (Å²) >= 11 is 0. The Morgan fingerprint density at radius 2 is 1.82 bits per heavy atom. The van der Waals surface area contributed by atoms with Crippen molar-refractivity contribution in [1.29, 1.82) is 0 Å². The van der Waals surface area contributed by atoms with E-state index in [2.05, 4.69) is 93.5 Å². The fourth-order valence-corrected chi connectivity index (χ4v) is 5.57. The molecule has 1 saturated carbocycles. The van der Waals surface area contributed by atoms with Crippen LogP contribution in [0.1, 0.15) is 85.0 Å². The van der Waals surface area contributed by atoms with Crippen LogP contribution in [0.2, 0.25) is 0 Å². The third kappa shape index (κ3) is 5.39. The number of rotatable bonds is 8. The summed E-state index contributed by atoms with van der Waals surface area (Å²) < 4.78 is 0. The van der Waals surface area contributed by atoms with E-state index in [0.717, 1.165) is 32.1 Å². The van der Waals surface area contributed by atoms with Gasteiger partial charge in [0.15, 0.2) is 0 Å². The zero-order chi connectivity index (χ0) is 24.2. The van der Waals surface area contributed by atoms with Crippen LogP contribution >= 0.6 is 0 Å². The summed E-state index contributed by atoms with van der Waals surface area (Å²) in [6.07, 6.45) is 12.0. The van der Waals surface area contributed by atoms with Crippen molar-refractivity contribution < 1.29 is 0 Å². The van der Waals surface area contributed by atoms with Crippen molar-refractivity contribution in [2.75, 3.05) is 19.6 Å². The van der Waals surface area contributed by atoms with Crippen LogP contribution in [0.3, 0.4) is 0 Å². The molecule has 0 spiro atoms.